The lowest BCUT2D eigenvalue weighted by atomic mass is 10.2. The number of nitrogens with one attached hydrogen (secondary N) is 1. The predicted octanol–water partition coefficient (Wildman–Crippen LogP) is 1.71. The van der Waals surface area contributed by atoms with E-state index in [1.165, 1.54) is 26.3 Å². The van der Waals surface area contributed by atoms with Crippen molar-refractivity contribution in [3.63, 3.8) is 0 Å². The first-order valence-electron chi connectivity index (χ1n) is 7.63. The smallest absolute Gasteiger partial charge is 0.254 e. The highest BCUT2D eigenvalue weighted by atomic mass is 35.5. The van der Waals surface area contributed by atoms with Crippen LogP contribution in [0.5, 0.6) is 5.75 Å². The lowest BCUT2D eigenvalue weighted by Gasteiger charge is -2.17. The van der Waals surface area contributed by atoms with Crippen LogP contribution in [0.2, 0.25) is 5.02 Å². The number of primary sulfonamides is 1. The zero-order valence-corrected chi connectivity index (χ0v) is 16.2. The van der Waals surface area contributed by atoms with E-state index in [2.05, 4.69) is 5.32 Å². The van der Waals surface area contributed by atoms with Crippen molar-refractivity contribution in [3.05, 3.63) is 53.1 Å². The van der Waals surface area contributed by atoms with Crippen LogP contribution in [0.3, 0.4) is 0 Å². The number of hydrogen-bond donors (Lipinski definition) is 2. The summed E-state index contributed by atoms with van der Waals surface area (Å²) >= 11 is 5.80. The molecular formula is C17H18ClN3O5S. The zero-order chi connectivity index (χ0) is 20.2. The highest BCUT2D eigenvalue weighted by Gasteiger charge is 2.19. The normalized spacial score (nSPS) is 11.0. The quantitative estimate of drug-likeness (QED) is 0.749. The van der Waals surface area contributed by atoms with E-state index < -0.39 is 21.8 Å². The molecule has 2 amide bonds. The molecule has 0 saturated carbocycles. The molecule has 0 saturated heterocycles. The van der Waals surface area contributed by atoms with Gasteiger partial charge in [-0.25, -0.2) is 13.6 Å². The second kappa shape index (κ2) is 8.38. The third kappa shape index (κ3) is 5.43. The number of likely N-dealkylation sites (N-methyl/N-ethyl adjacent to an activating group) is 1. The topological polar surface area (TPSA) is 119 Å². The average Bonchev–Trinajstić information content (AvgIpc) is 2.61. The van der Waals surface area contributed by atoms with Crippen molar-refractivity contribution >= 4 is 39.1 Å². The molecule has 0 fully saturated rings. The van der Waals surface area contributed by atoms with Crippen molar-refractivity contribution in [2.24, 2.45) is 5.14 Å². The highest BCUT2D eigenvalue weighted by molar-refractivity contribution is 7.89. The van der Waals surface area contributed by atoms with E-state index in [1.807, 2.05) is 0 Å². The van der Waals surface area contributed by atoms with Gasteiger partial charge in [0.25, 0.3) is 5.91 Å². The van der Waals surface area contributed by atoms with E-state index in [1.54, 1.807) is 24.3 Å². The summed E-state index contributed by atoms with van der Waals surface area (Å²) in [6, 6.07) is 10.4. The number of amides is 2. The maximum Gasteiger partial charge on any atom is 0.254 e. The average molecular weight is 412 g/mol. The van der Waals surface area contributed by atoms with Gasteiger partial charge in [-0.15, -0.1) is 0 Å². The summed E-state index contributed by atoms with van der Waals surface area (Å²) in [5.74, 6) is -0.327. The van der Waals surface area contributed by atoms with Crippen molar-refractivity contribution in [2.75, 3.05) is 26.0 Å². The summed E-state index contributed by atoms with van der Waals surface area (Å²) < 4.78 is 28.1. The van der Waals surface area contributed by atoms with Gasteiger partial charge in [-0.2, -0.15) is 0 Å². The van der Waals surface area contributed by atoms with Gasteiger partial charge in [0.15, 0.2) is 0 Å². The zero-order valence-electron chi connectivity index (χ0n) is 14.6. The monoisotopic (exact) mass is 411 g/mol. The summed E-state index contributed by atoms with van der Waals surface area (Å²) in [6.07, 6.45) is 0. The summed E-state index contributed by atoms with van der Waals surface area (Å²) in [5, 5.41) is 7.64. The van der Waals surface area contributed by atoms with Gasteiger partial charge in [-0.05, 0) is 42.5 Å². The van der Waals surface area contributed by atoms with Crippen molar-refractivity contribution < 1.29 is 22.7 Å². The van der Waals surface area contributed by atoms with Crippen LogP contribution in [0.4, 0.5) is 5.69 Å². The number of ether oxygens (including phenoxy) is 1. The van der Waals surface area contributed by atoms with Crippen LogP contribution in [-0.2, 0) is 14.8 Å². The van der Waals surface area contributed by atoms with Crippen LogP contribution in [0, 0.1) is 0 Å². The lowest BCUT2D eigenvalue weighted by Crippen LogP contribution is -2.35. The van der Waals surface area contributed by atoms with Gasteiger partial charge in [-0.1, -0.05) is 11.6 Å². The Balaban J connectivity index is 2.07. The fraction of sp³-hybridized carbons (Fsp3) is 0.176. The number of anilines is 1. The first-order chi connectivity index (χ1) is 12.6. The summed E-state index contributed by atoms with van der Waals surface area (Å²) in [7, 11) is -1.13. The van der Waals surface area contributed by atoms with Crippen molar-refractivity contribution in [1.82, 2.24) is 4.90 Å². The van der Waals surface area contributed by atoms with Gasteiger partial charge in [0.05, 0.1) is 18.7 Å². The molecule has 2 aromatic rings. The number of benzene rings is 2. The van der Waals surface area contributed by atoms with Gasteiger partial charge < -0.3 is 15.0 Å². The Labute approximate surface area is 161 Å². The van der Waals surface area contributed by atoms with E-state index in [-0.39, 0.29) is 22.0 Å². The number of nitrogens with zero attached hydrogens (tertiary/aromatic N) is 1. The minimum absolute atomic E-state index is 0.0446. The molecule has 0 aliphatic rings. The first-order valence-corrected chi connectivity index (χ1v) is 9.56. The number of carbonyl (C=O) groups excluding carboxylic acids is 2. The Morgan fingerprint density at radius 2 is 1.81 bits per heavy atom. The second-order valence-corrected chi connectivity index (χ2v) is 7.57. The van der Waals surface area contributed by atoms with Crippen LogP contribution in [0.1, 0.15) is 10.4 Å². The predicted molar refractivity (Wildman–Crippen MR) is 101 cm³/mol. The Morgan fingerprint density at radius 3 is 2.37 bits per heavy atom. The Bertz CT molecular complexity index is 961. The molecule has 144 valence electrons. The molecule has 8 nitrogen and oxygen atoms in total. The van der Waals surface area contributed by atoms with Crippen molar-refractivity contribution in [3.8, 4) is 5.75 Å². The fourth-order valence-electron chi connectivity index (χ4n) is 2.24. The standard InChI is InChI=1S/C17H18ClN3O5S/c1-21(10-16(22)20-12-4-6-13(26-2)7-5-12)17(23)11-3-8-14(18)15(9-11)27(19,24)25/h3-9H,10H2,1-2H3,(H,20,22)(H2,19,24,25). The first kappa shape index (κ1) is 20.7. The number of carbonyl (C=O) groups is 2. The number of sulfonamides is 1. The Morgan fingerprint density at radius 1 is 1.19 bits per heavy atom. The van der Waals surface area contributed by atoms with E-state index in [4.69, 9.17) is 21.5 Å². The van der Waals surface area contributed by atoms with E-state index in [0.717, 1.165) is 11.0 Å². The van der Waals surface area contributed by atoms with Crippen LogP contribution in [0.25, 0.3) is 0 Å². The van der Waals surface area contributed by atoms with Crippen molar-refractivity contribution in [2.45, 2.75) is 4.90 Å². The molecular weight excluding hydrogens is 394 g/mol. The molecule has 0 aliphatic carbocycles. The van der Waals surface area contributed by atoms with Crippen molar-refractivity contribution in [1.29, 1.82) is 0 Å². The second-order valence-electron chi connectivity index (χ2n) is 5.63. The Kier molecular flexibility index (Phi) is 6.42. The summed E-state index contributed by atoms with van der Waals surface area (Å²) in [6.45, 7) is -0.238. The number of halogens is 1. The molecule has 2 aromatic carbocycles. The molecule has 0 aromatic heterocycles. The molecule has 3 N–H and O–H groups in total. The van der Waals surface area contributed by atoms with Gasteiger partial charge in [0.1, 0.15) is 10.6 Å². The molecule has 27 heavy (non-hydrogen) atoms. The lowest BCUT2D eigenvalue weighted by molar-refractivity contribution is -0.116. The van der Waals surface area contributed by atoms with Crippen LogP contribution >= 0.6 is 11.6 Å². The molecule has 0 radical (unpaired) electrons. The van der Waals surface area contributed by atoms with E-state index in [9.17, 15) is 18.0 Å². The third-order valence-electron chi connectivity index (χ3n) is 3.59. The van der Waals surface area contributed by atoms with E-state index >= 15 is 0 Å². The van der Waals surface area contributed by atoms with E-state index in [0.29, 0.717) is 11.4 Å². The molecule has 0 spiro atoms. The van der Waals surface area contributed by atoms with Gasteiger partial charge in [-0.3, -0.25) is 9.59 Å². The number of hydrogen-bond acceptors (Lipinski definition) is 5. The fourth-order valence-corrected chi connectivity index (χ4v) is 3.31. The Hall–Kier alpha value is -2.62. The summed E-state index contributed by atoms with van der Waals surface area (Å²) in [4.78, 5) is 25.4. The largest absolute Gasteiger partial charge is 0.497 e. The molecule has 2 rings (SSSR count). The van der Waals surface area contributed by atoms with Gasteiger partial charge in [0, 0.05) is 18.3 Å². The SMILES string of the molecule is COc1ccc(NC(=O)CN(C)C(=O)c2ccc(Cl)c(S(N)(=O)=O)c2)cc1. The molecule has 0 atom stereocenters. The highest BCUT2D eigenvalue weighted by Crippen LogP contribution is 2.22. The molecule has 0 unspecified atom stereocenters. The molecule has 0 heterocycles. The molecule has 10 heteroatoms. The minimum atomic E-state index is -4.08. The maximum atomic E-state index is 12.5. The number of nitrogens with two attached hydrogens (primary N) is 1. The van der Waals surface area contributed by atoms with Gasteiger partial charge >= 0.3 is 0 Å². The maximum absolute atomic E-state index is 12.5. The molecule has 0 bridgehead atoms. The summed E-state index contributed by atoms with van der Waals surface area (Å²) in [5.41, 5.74) is 0.591. The van der Waals surface area contributed by atoms with Crippen LogP contribution in [-0.4, -0.2) is 45.8 Å². The van der Waals surface area contributed by atoms with Crippen LogP contribution < -0.4 is 15.2 Å². The van der Waals surface area contributed by atoms with Crippen LogP contribution in [0.15, 0.2) is 47.4 Å². The minimum Gasteiger partial charge on any atom is -0.497 e. The molecule has 0 aliphatic heterocycles. The third-order valence-corrected chi connectivity index (χ3v) is 4.98. The van der Waals surface area contributed by atoms with Gasteiger partial charge in [0.2, 0.25) is 15.9 Å². The number of methoxy groups -OCH3 is 1. The number of rotatable bonds is 6.